The van der Waals surface area contributed by atoms with E-state index in [2.05, 4.69) is 91.0 Å². The van der Waals surface area contributed by atoms with Crippen molar-refractivity contribution in [3.63, 3.8) is 0 Å². The molecular formula is C18H19KO4P2. The number of hydrogen-bond donors (Lipinski definition) is 1. The third-order valence-electron chi connectivity index (χ3n) is 3.04. The van der Waals surface area contributed by atoms with Crippen LogP contribution >= 0.6 is 16.2 Å². The van der Waals surface area contributed by atoms with Crippen LogP contribution in [0, 0.1) is 0 Å². The second-order valence-corrected chi connectivity index (χ2v) is 7.36. The molecule has 7 heteroatoms. The minimum absolute atomic E-state index is 0. The average molecular weight is 400 g/mol. The molecule has 3 rings (SSSR count). The monoisotopic (exact) mass is 400 g/mol. The molecule has 1 atom stereocenters. The van der Waals surface area contributed by atoms with E-state index < -0.39 is 16.2 Å². The van der Waals surface area contributed by atoms with Crippen LogP contribution in [0.5, 0.6) is 0 Å². The van der Waals surface area contributed by atoms with Crippen molar-refractivity contribution in [2.24, 2.45) is 0 Å². The van der Waals surface area contributed by atoms with E-state index in [0.717, 1.165) is 0 Å². The number of hydrogen-bond acceptors (Lipinski definition) is 2. The molecule has 0 saturated carbocycles. The van der Waals surface area contributed by atoms with Crippen molar-refractivity contribution in [1.82, 2.24) is 0 Å². The predicted octanol–water partition coefficient (Wildman–Crippen LogP) is -1.65. The summed E-state index contributed by atoms with van der Waals surface area (Å²) in [4.78, 5) is 15.7. The zero-order valence-electron chi connectivity index (χ0n) is 13.9. The van der Waals surface area contributed by atoms with Crippen LogP contribution in [0.2, 0.25) is 0 Å². The van der Waals surface area contributed by atoms with Gasteiger partial charge in [0.15, 0.2) is 0 Å². The van der Waals surface area contributed by atoms with Crippen LogP contribution in [0.15, 0.2) is 91.0 Å². The molecule has 0 bridgehead atoms. The molecule has 25 heavy (non-hydrogen) atoms. The van der Waals surface area contributed by atoms with Gasteiger partial charge in [-0.05, 0) is 23.8 Å². The van der Waals surface area contributed by atoms with Crippen LogP contribution in [0.1, 0.15) is 0 Å². The van der Waals surface area contributed by atoms with E-state index in [4.69, 9.17) is 14.4 Å². The van der Waals surface area contributed by atoms with Gasteiger partial charge in [-0.25, -0.2) is 0 Å². The smallest absolute Gasteiger partial charge is 0.781 e. The maximum atomic E-state index is 8.63. The molecule has 0 heterocycles. The van der Waals surface area contributed by atoms with Crippen molar-refractivity contribution >= 4 is 32.1 Å². The summed E-state index contributed by atoms with van der Waals surface area (Å²) >= 11 is 0. The van der Waals surface area contributed by atoms with Crippen molar-refractivity contribution in [2.75, 3.05) is 0 Å². The van der Waals surface area contributed by atoms with E-state index in [-0.39, 0.29) is 56.9 Å². The summed E-state index contributed by atoms with van der Waals surface area (Å²) in [5.41, 5.74) is 0. The maximum Gasteiger partial charge on any atom is 1.00 e. The molecule has 1 unspecified atom stereocenters. The third-order valence-corrected chi connectivity index (χ3v) is 5.49. The van der Waals surface area contributed by atoms with Crippen molar-refractivity contribution in [2.45, 2.75) is 0 Å². The Hall–Kier alpha value is -0.164. The van der Waals surface area contributed by atoms with Gasteiger partial charge in [-0.2, -0.15) is 0 Å². The fourth-order valence-electron chi connectivity index (χ4n) is 2.18. The van der Waals surface area contributed by atoms with Crippen LogP contribution < -0.4 is 72.2 Å². The van der Waals surface area contributed by atoms with Gasteiger partial charge < -0.3 is 19.8 Å². The fraction of sp³-hybridized carbons (Fsp3) is 0. The van der Waals surface area contributed by atoms with Gasteiger partial charge in [0, 0.05) is 0 Å². The van der Waals surface area contributed by atoms with Crippen LogP contribution in [0.25, 0.3) is 0 Å². The summed E-state index contributed by atoms with van der Waals surface area (Å²) in [6.07, 6.45) is 0. The molecule has 3 N–H and O–H groups in total. The Morgan fingerprint density at radius 2 is 0.880 bits per heavy atom. The zero-order valence-corrected chi connectivity index (χ0v) is 18.9. The van der Waals surface area contributed by atoms with Gasteiger partial charge in [0.1, 0.15) is 8.25 Å². The van der Waals surface area contributed by atoms with Crippen molar-refractivity contribution in [1.29, 1.82) is 0 Å². The topological polar surface area (TPSA) is 91.9 Å². The van der Waals surface area contributed by atoms with E-state index in [1.165, 1.54) is 15.9 Å². The first-order valence-electron chi connectivity index (χ1n) is 7.03. The maximum absolute atomic E-state index is 8.63. The van der Waals surface area contributed by atoms with E-state index in [1.807, 2.05) is 0 Å². The van der Waals surface area contributed by atoms with Crippen molar-refractivity contribution in [3.8, 4) is 0 Å². The quantitative estimate of drug-likeness (QED) is 0.422. The van der Waals surface area contributed by atoms with E-state index in [1.54, 1.807) is 0 Å². The van der Waals surface area contributed by atoms with Crippen LogP contribution in [-0.2, 0) is 4.57 Å². The molecule has 0 aliphatic heterocycles. The van der Waals surface area contributed by atoms with E-state index in [9.17, 15) is 0 Å². The van der Waals surface area contributed by atoms with Crippen molar-refractivity contribution in [3.05, 3.63) is 91.0 Å². The van der Waals surface area contributed by atoms with Crippen molar-refractivity contribution < 1.29 is 71.2 Å². The summed E-state index contributed by atoms with van der Waals surface area (Å²) in [6.45, 7) is 0. The zero-order chi connectivity index (χ0) is 16.5. The summed E-state index contributed by atoms with van der Waals surface area (Å²) < 4.78 is 8.63. The molecule has 0 amide bonds. The van der Waals surface area contributed by atoms with Crippen LogP contribution in [-0.4, -0.2) is 10.4 Å². The Labute approximate surface area is 192 Å². The van der Waals surface area contributed by atoms with Gasteiger partial charge in [-0.1, -0.05) is 91.0 Å². The average Bonchev–Trinajstić information content (AvgIpc) is 2.58. The molecule has 0 aliphatic rings. The second kappa shape index (κ2) is 14.0. The van der Waals surface area contributed by atoms with Gasteiger partial charge in [-0.15, -0.1) is 0 Å². The molecule has 3 aromatic carbocycles. The molecule has 0 spiro atoms. The number of benzene rings is 3. The first-order valence-corrected chi connectivity index (χ1v) is 9.64. The van der Waals surface area contributed by atoms with Gasteiger partial charge in [-0.3, -0.25) is 0 Å². The third kappa shape index (κ3) is 8.85. The SMILES string of the molecule is O.O=[PH]([O-])O.[K+].c1ccc(P(c2ccccc2)c2ccccc2)cc1. The summed E-state index contributed by atoms with van der Waals surface area (Å²) in [5.74, 6) is 0. The first kappa shape index (κ1) is 24.8. The molecular weight excluding hydrogens is 381 g/mol. The Morgan fingerprint density at radius 3 is 1.08 bits per heavy atom. The molecule has 4 nitrogen and oxygen atoms in total. The Balaban J connectivity index is 0.000000874. The standard InChI is InChI=1S/C18H15P.K.H3O3P.H2O/c1-4-10-16(11-5-1)19(17-12-6-2-7-13-17)18-14-8-3-9-15-18;;1-4(2)3;/h1-15H;;4H,(H2,1,2,3);1H2/q;+1;;/p-1. The van der Waals surface area contributed by atoms with Gasteiger partial charge in [0.25, 0.3) is 0 Å². The number of rotatable bonds is 3. The Morgan fingerprint density at radius 1 is 0.680 bits per heavy atom. The molecule has 0 radical (unpaired) electrons. The second-order valence-electron chi connectivity index (χ2n) is 4.61. The first-order chi connectivity index (χ1) is 11.2. The van der Waals surface area contributed by atoms with E-state index in [0.29, 0.717) is 0 Å². The summed E-state index contributed by atoms with van der Waals surface area (Å²) in [7, 11) is -3.83. The van der Waals surface area contributed by atoms with E-state index >= 15 is 0 Å². The van der Waals surface area contributed by atoms with Crippen LogP contribution in [0.3, 0.4) is 0 Å². The van der Waals surface area contributed by atoms with Gasteiger partial charge in [0.2, 0.25) is 0 Å². The molecule has 0 aliphatic carbocycles. The minimum atomic E-state index is -3.38. The normalized spacial score (nSPS) is 10.5. The van der Waals surface area contributed by atoms with Gasteiger partial charge >= 0.3 is 51.4 Å². The minimum Gasteiger partial charge on any atom is -0.781 e. The Kier molecular flexibility index (Phi) is 13.9. The fourth-order valence-corrected chi connectivity index (χ4v) is 4.48. The molecule has 0 fully saturated rings. The van der Waals surface area contributed by atoms with Crippen LogP contribution in [0.4, 0.5) is 0 Å². The molecule has 0 aromatic heterocycles. The molecule has 0 saturated heterocycles. The summed E-state index contributed by atoms with van der Waals surface area (Å²) in [6, 6.07) is 32.3. The Bertz CT molecular complexity index is 630. The summed E-state index contributed by atoms with van der Waals surface area (Å²) in [5, 5.41) is 4.19. The van der Waals surface area contributed by atoms with Gasteiger partial charge in [0.05, 0.1) is 0 Å². The molecule has 3 aromatic rings. The largest absolute Gasteiger partial charge is 1.00 e. The molecule has 126 valence electrons. The predicted molar refractivity (Wildman–Crippen MR) is 100.0 cm³/mol.